The number of benzene rings is 1. The van der Waals surface area contributed by atoms with Crippen LogP contribution in [0.25, 0.3) is 0 Å². The summed E-state index contributed by atoms with van der Waals surface area (Å²) in [5.41, 5.74) is 0.779. The molecule has 1 amide bonds. The first-order valence-corrected chi connectivity index (χ1v) is 9.22. The Bertz CT molecular complexity index is 824. The molecule has 0 bridgehead atoms. The van der Waals surface area contributed by atoms with Gasteiger partial charge in [-0.1, -0.05) is 5.16 Å². The van der Waals surface area contributed by atoms with E-state index in [1.165, 1.54) is 20.8 Å². The van der Waals surface area contributed by atoms with E-state index < -0.39 is 22.0 Å². The minimum Gasteiger partial charge on any atom is -0.494 e. The highest BCUT2D eigenvalue weighted by Crippen LogP contribution is 2.19. The maximum atomic E-state index is 12.4. The molecule has 136 valence electrons. The normalized spacial score (nSPS) is 12.6. The van der Waals surface area contributed by atoms with Gasteiger partial charge in [0.25, 0.3) is 0 Å². The number of amides is 1. The second-order valence-corrected chi connectivity index (χ2v) is 7.09. The van der Waals surface area contributed by atoms with Crippen LogP contribution in [-0.2, 0) is 14.8 Å². The topological polar surface area (TPSA) is 111 Å². The molecule has 1 aromatic carbocycles. The van der Waals surface area contributed by atoms with Gasteiger partial charge in [-0.05, 0) is 52.0 Å². The monoisotopic (exact) mass is 367 g/mol. The van der Waals surface area contributed by atoms with E-state index in [9.17, 15) is 13.2 Å². The van der Waals surface area contributed by atoms with Gasteiger partial charge in [-0.15, -0.1) is 0 Å². The first-order valence-electron chi connectivity index (χ1n) is 7.73. The number of hydrogen-bond acceptors (Lipinski definition) is 6. The number of sulfonamides is 1. The lowest BCUT2D eigenvalue weighted by Crippen LogP contribution is -2.41. The minimum atomic E-state index is -3.92. The van der Waals surface area contributed by atoms with Crippen LogP contribution in [0.4, 0.5) is 5.69 Å². The lowest BCUT2D eigenvalue weighted by atomic mass is 10.2. The van der Waals surface area contributed by atoms with Gasteiger partial charge in [-0.25, -0.2) is 8.42 Å². The maximum absolute atomic E-state index is 12.4. The molecular weight excluding hydrogens is 346 g/mol. The van der Waals surface area contributed by atoms with E-state index in [0.717, 1.165) is 0 Å². The number of carbonyl (C=O) groups is 1. The zero-order chi connectivity index (χ0) is 18.6. The van der Waals surface area contributed by atoms with Crippen molar-refractivity contribution in [3.63, 3.8) is 0 Å². The Labute approximate surface area is 146 Å². The molecule has 1 atom stereocenters. The van der Waals surface area contributed by atoms with Gasteiger partial charge in [0, 0.05) is 5.69 Å². The Balaban J connectivity index is 2.05. The number of ether oxygens (including phenoxy) is 1. The number of aryl methyl sites for hydroxylation is 2. The molecular formula is C16H21N3O5S. The van der Waals surface area contributed by atoms with Crippen molar-refractivity contribution in [3.05, 3.63) is 35.7 Å². The third-order valence-electron chi connectivity index (χ3n) is 3.39. The van der Waals surface area contributed by atoms with Crippen LogP contribution in [0.5, 0.6) is 5.75 Å². The summed E-state index contributed by atoms with van der Waals surface area (Å²) >= 11 is 0. The average Bonchev–Trinajstić information content (AvgIpc) is 2.88. The van der Waals surface area contributed by atoms with Crippen LogP contribution >= 0.6 is 0 Å². The van der Waals surface area contributed by atoms with Crippen molar-refractivity contribution < 1.29 is 22.5 Å². The highest BCUT2D eigenvalue weighted by atomic mass is 32.2. The largest absolute Gasteiger partial charge is 0.494 e. The molecule has 0 saturated heterocycles. The fourth-order valence-corrected chi connectivity index (χ4v) is 3.79. The molecule has 0 unspecified atom stereocenters. The molecule has 2 aromatic rings. The summed E-state index contributed by atoms with van der Waals surface area (Å²) in [6.07, 6.45) is 0. The molecule has 0 aliphatic rings. The Hall–Kier alpha value is -2.39. The Morgan fingerprint density at radius 3 is 2.44 bits per heavy atom. The molecule has 0 saturated carbocycles. The van der Waals surface area contributed by atoms with Gasteiger partial charge in [0.2, 0.25) is 15.9 Å². The number of anilines is 1. The Morgan fingerprint density at radius 2 is 1.92 bits per heavy atom. The van der Waals surface area contributed by atoms with E-state index in [1.54, 1.807) is 24.3 Å². The van der Waals surface area contributed by atoms with Gasteiger partial charge in [0.15, 0.2) is 5.76 Å². The van der Waals surface area contributed by atoms with Crippen molar-refractivity contribution >= 4 is 21.6 Å². The molecule has 1 heterocycles. The third-order valence-corrected chi connectivity index (χ3v) is 5.18. The SMILES string of the molecule is CCOc1ccc(NC(=O)[C@H](C)NS(=O)(=O)c2c(C)noc2C)cc1. The number of nitrogens with one attached hydrogen (secondary N) is 2. The molecule has 0 fully saturated rings. The van der Waals surface area contributed by atoms with E-state index in [4.69, 9.17) is 9.26 Å². The fraction of sp³-hybridized carbons (Fsp3) is 0.375. The predicted octanol–water partition coefficient (Wildman–Crippen LogP) is 2.00. The zero-order valence-corrected chi connectivity index (χ0v) is 15.3. The smallest absolute Gasteiger partial charge is 0.246 e. The quantitative estimate of drug-likeness (QED) is 0.774. The number of carbonyl (C=O) groups excluding carboxylic acids is 1. The van der Waals surface area contributed by atoms with E-state index in [-0.39, 0.29) is 16.3 Å². The van der Waals surface area contributed by atoms with Crippen LogP contribution in [0.15, 0.2) is 33.7 Å². The molecule has 2 N–H and O–H groups in total. The molecule has 9 heteroatoms. The van der Waals surface area contributed by atoms with Gasteiger partial charge in [-0.3, -0.25) is 4.79 Å². The molecule has 0 aliphatic heterocycles. The van der Waals surface area contributed by atoms with E-state index in [2.05, 4.69) is 15.2 Å². The van der Waals surface area contributed by atoms with E-state index in [0.29, 0.717) is 18.0 Å². The number of rotatable bonds is 7. The minimum absolute atomic E-state index is 0.0479. The lowest BCUT2D eigenvalue weighted by molar-refractivity contribution is -0.117. The standard InChI is InChI=1S/C16H21N3O5S/c1-5-23-14-8-6-13(7-9-14)17-16(20)11(3)19-25(21,22)15-10(2)18-24-12(15)4/h6-9,11,19H,5H2,1-4H3,(H,17,20)/t11-/m0/s1. The molecule has 8 nitrogen and oxygen atoms in total. The van der Waals surface area contributed by atoms with Crippen LogP contribution in [-0.4, -0.2) is 32.1 Å². The summed E-state index contributed by atoms with van der Waals surface area (Å²) in [6.45, 7) is 6.91. The van der Waals surface area contributed by atoms with Crippen LogP contribution in [0.2, 0.25) is 0 Å². The molecule has 0 aliphatic carbocycles. The molecule has 0 spiro atoms. The fourth-order valence-electron chi connectivity index (χ4n) is 2.26. The van der Waals surface area contributed by atoms with Gasteiger partial charge in [0.05, 0.1) is 12.6 Å². The van der Waals surface area contributed by atoms with E-state index >= 15 is 0 Å². The van der Waals surface area contributed by atoms with Gasteiger partial charge in [-0.2, -0.15) is 4.72 Å². The molecule has 2 rings (SSSR count). The van der Waals surface area contributed by atoms with Crippen molar-refractivity contribution in [1.29, 1.82) is 0 Å². The summed E-state index contributed by atoms with van der Waals surface area (Å²) in [6, 6.07) is 5.82. The van der Waals surface area contributed by atoms with Gasteiger partial charge in [0.1, 0.15) is 16.3 Å². The zero-order valence-electron chi connectivity index (χ0n) is 14.5. The molecule has 1 aromatic heterocycles. The van der Waals surface area contributed by atoms with Crippen LogP contribution in [0.3, 0.4) is 0 Å². The highest BCUT2D eigenvalue weighted by molar-refractivity contribution is 7.89. The summed E-state index contributed by atoms with van der Waals surface area (Å²) in [7, 11) is -3.92. The number of nitrogens with zero attached hydrogens (tertiary/aromatic N) is 1. The molecule has 25 heavy (non-hydrogen) atoms. The Morgan fingerprint density at radius 1 is 1.28 bits per heavy atom. The van der Waals surface area contributed by atoms with Crippen LogP contribution < -0.4 is 14.8 Å². The van der Waals surface area contributed by atoms with Gasteiger partial charge < -0.3 is 14.6 Å². The lowest BCUT2D eigenvalue weighted by Gasteiger charge is -2.14. The Kier molecular flexibility index (Phi) is 5.81. The first kappa shape index (κ1) is 18.9. The van der Waals surface area contributed by atoms with Crippen molar-refractivity contribution in [2.75, 3.05) is 11.9 Å². The van der Waals surface area contributed by atoms with Crippen molar-refractivity contribution in [3.8, 4) is 5.75 Å². The summed E-state index contributed by atoms with van der Waals surface area (Å²) < 4.78 is 37.3. The third kappa shape index (κ3) is 4.58. The average molecular weight is 367 g/mol. The van der Waals surface area contributed by atoms with Crippen LogP contribution in [0, 0.1) is 13.8 Å². The van der Waals surface area contributed by atoms with Crippen molar-refractivity contribution in [2.24, 2.45) is 0 Å². The summed E-state index contributed by atoms with van der Waals surface area (Å²) in [4.78, 5) is 12.2. The maximum Gasteiger partial charge on any atom is 0.246 e. The highest BCUT2D eigenvalue weighted by Gasteiger charge is 2.28. The number of aromatic nitrogens is 1. The van der Waals surface area contributed by atoms with Crippen LogP contribution in [0.1, 0.15) is 25.3 Å². The first-order chi connectivity index (χ1) is 11.7. The summed E-state index contributed by atoms with van der Waals surface area (Å²) in [5, 5.41) is 6.27. The number of hydrogen-bond donors (Lipinski definition) is 2. The second-order valence-electron chi connectivity index (χ2n) is 5.44. The van der Waals surface area contributed by atoms with E-state index in [1.807, 2.05) is 6.92 Å². The van der Waals surface area contributed by atoms with Gasteiger partial charge >= 0.3 is 0 Å². The molecule has 0 radical (unpaired) electrons. The second kappa shape index (κ2) is 7.66. The predicted molar refractivity (Wildman–Crippen MR) is 92.0 cm³/mol. The van der Waals surface area contributed by atoms with Crippen molar-refractivity contribution in [1.82, 2.24) is 9.88 Å². The summed E-state index contributed by atoms with van der Waals surface area (Å²) in [5.74, 6) is 0.372. The van der Waals surface area contributed by atoms with Crippen molar-refractivity contribution in [2.45, 2.75) is 38.6 Å².